The molecule has 5 aromatic carbocycles. The second-order valence-electron chi connectivity index (χ2n) is 11.0. The second kappa shape index (κ2) is 11.1. The van der Waals surface area contributed by atoms with E-state index in [1.54, 1.807) is 32.9 Å². The molecule has 5 aromatic rings. The molecule has 0 spiro atoms. The highest BCUT2D eigenvalue weighted by molar-refractivity contribution is 6.26. The zero-order chi connectivity index (χ0) is 29.3. The van der Waals surface area contributed by atoms with E-state index in [0.717, 1.165) is 37.9 Å². The Morgan fingerprint density at radius 2 is 1.39 bits per heavy atom. The number of amides is 1. The summed E-state index contributed by atoms with van der Waals surface area (Å²) in [6, 6.07) is 22.0. The van der Waals surface area contributed by atoms with Gasteiger partial charge in [0.15, 0.2) is 0 Å². The fourth-order valence-electron chi connectivity index (χ4n) is 5.44. The maximum atomic E-state index is 13.3. The van der Waals surface area contributed by atoms with Gasteiger partial charge in [-0.2, -0.15) is 0 Å². The Bertz CT molecular complexity index is 1770. The lowest BCUT2D eigenvalue weighted by molar-refractivity contribution is 0.0524. The van der Waals surface area contributed by atoms with Crippen molar-refractivity contribution in [3.63, 3.8) is 0 Å². The largest absolute Gasteiger partial charge is 0.465 e. The van der Waals surface area contributed by atoms with Crippen LogP contribution in [-0.2, 0) is 20.6 Å². The van der Waals surface area contributed by atoms with E-state index in [1.807, 2.05) is 18.2 Å². The molecule has 5 rings (SSSR count). The lowest BCUT2D eigenvalue weighted by Gasteiger charge is -2.20. The van der Waals surface area contributed by atoms with Crippen molar-refractivity contribution in [1.82, 2.24) is 5.32 Å². The van der Waals surface area contributed by atoms with Crippen molar-refractivity contribution < 1.29 is 28.6 Å². The van der Waals surface area contributed by atoms with Gasteiger partial charge in [0, 0.05) is 6.54 Å². The highest BCUT2D eigenvalue weighted by Gasteiger charge is 2.24. The van der Waals surface area contributed by atoms with Crippen LogP contribution in [0.1, 0.15) is 53.5 Å². The molecule has 41 heavy (non-hydrogen) atoms. The molecule has 7 heteroatoms. The summed E-state index contributed by atoms with van der Waals surface area (Å²) in [7, 11) is 2.68. The van der Waals surface area contributed by atoms with Gasteiger partial charge in [0.1, 0.15) is 5.60 Å². The Morgan fingerprint density at radius 3 is 2.05 bits per heavy atom. The van der Waals surface area contributed by atoms with Gasteiger partial charge in [0.25, 0.3) is 0 Å². The highest BCUT2D eigenvalue weighted by atomic mass is 16.6. The molecule has 0 aliphatic rings. The van der Waals surface area contributed by atoms with Gasteiger partial charge in [0.2, 0.25) is 0 Å². The third-order valence-electron chi connectivity index (χ3n) is 7.14. The molecule has 0 heterocycles. The van der Waals surface area contributed by atoms with Crippen LogP contribution >= 0.6 is 0 Å². The van der Waals surface area contributed by atoms with Crippen molar-refractivity contribution in [2.45, 2.75) is 39.2 Å². The first-order chi connectivity index (χ1) is 19.6. The molecule has 0 bridgehead atoms. The number of alkyl carbamates (subject to hydrolysis) is 1. The summed E-state index contributed by atoms with van der Waals surface area (Å²) in [4.78, 5) is 38.2. The van der Waals surface area contributed by atoms with Gasteiger partial charge in [0.05, 0.1) is 25.3 Å². The zero-order valence-corrected chi connectivity index (χ0v) is 23.9. The quantitative estimate of drug-likeness (QED) is 0.0989. The zero-order valence-electron chi connectivity index (χ0n) is 23.9. The van der Waals surface area contributed by atoms with E-state index in [4.69, 9.17) is 14.2 Å². The summed E-state index contributed by atoms with van der Waals surface area (Å²) >= 11 is 0. The van der Waals surface area contributed by atoms with Crippen LogP contribution in [0.15, 0.2) is 66.7 Å². The van der Waals surface area contributed by atoms with Crippen LogP contribution in [0.2, 0.25) is 0 Å². The Morgan fingerprint density at radius 1 is 0.756 bits per heavy atom. The van der Waals surface area contributed by atoms with Crippen LogP contribution in [0.5, 0.6) is 0 Å². The fraction of sp³-hybridized carbons (Fsp3) is 0.265. The average molecular weight is 552 g/mol. The lowest BCUT2D eigenvalue weighted by atomic mass is 9.86. The minimum atomic E-state index is -0.605. The van der Waals surface area contributed by atoms with E-state index in [2.05, 4.69) is 41.7 Å². The van der Waals surface area contributed by atoms with Crippen LogP contribution in [0.25, 0.3) is 43.4 Å². The van der Waals surface area contributed by atoms with Crippen molar-refractivity contribution in [2.75, 3.05) is 20.8 Å². The average Bonchev–Trinajstić information content (AvgIpc) is 2.95. The number of esters is 2. The van der Waals surface area contributed by atoms with E-state index < -0.39 is 23.6 Å². The summed E-state index contributed by atoms with van der Waals surface area (Å²) in [5, 5.41) is 9.32. The number of hydrogen-bond acceptors (Lipinski definition) is 6. The molecule has 0 aliphatic carbocycles. The highest BCUT2D eigenvalue weighted by Crippen LogP contribution is 2.41. The molecule has 0 saturated heterocycles. The standard InChI is InChI=1S/C34H33NO6/c1-34(2,3)41-33(38)35-17-7-10-23-18-24(31(36)39-4)19-27(30(23)32(37)40-5)25-15-13-22-12-11-20-8-6-9-21-14-16-26(25)29(22)28(20)21/h6,8-9,11-16,18-19H,7,10,17H2,1-5H3,(H,35,38). The van der Waals surface area contributed by atoms with Crippen LogP contribution in [0.3, 0.4) is 0 Å². The van der Waals surface area contributed by atoms with Crippen molar-refractivity contribution in [3.8, 4) is 11.1 Å². The van der Waals surface area contributed by atoms with Crippen molar-refractivity contribution in [1.29, 1.82) is 0 Å². The summed E-state index contributed by atoms with van der Waals surface area (Å²) < 4.78 is 15.6. The molecule has 0 unspecified atom stereocenters. The normalized spacial score (nSPS) is 11.6. The molecule has 0 atom stereocenters. The molecule has 7 nitrogen and oxygen atoms in total. The van der Waals surface area contributed by atoms with Gasteiger partial charge in [-0.25, -0.2) is 14.4 Å². The Balaban J connectivity index is 1.64. The van der Waals surface area contributed by atoms with Gasteiger partial charge >= 0.3 is 18.0 Å². The van der Waals surface area contributed by atoms with Gasteiger partial charge in [-0.05, 0) is 94.8 Å². The van der Waals surface area contributed by atoms with Gasteiger partial charge < -0.3 is 19.5 Å². The van der Waals surface area contributed by atoms with Gasteiger partial charge in [-0.1, -0.05) is 54.6 Å². The number of rotatable bonds is 7. The minimum absolute atomic E-state index is 0.325. The number of methoxy groups -OCH3 is 2. The molecule has 1 N–H and O–H groups in total. The molecule has 0 aliphatic heterocycles. The molecule has 0 radical (unpaired) electrons. The smallest absolute Gasteiger partial charge is 0.407 e. The first kappa shape index (κ1) is 27.9. The summed E-state index contributed by atoms with van der Waals surface area (Å²) in [5.41, 5.74) is 2.14. The van der Waals surface area contributed by atoms with E-state index in [-0.39, 0.29) is 0 Å². The van der Waals surface area contributed by atoms with Crippen LogP contribution in [-0.4, -0.2) is 44.4 Å². The number of aryl methyl sites for hydroxylation is 1. The lowest BCUT2D eigenvalue weighted by Crippen LogP contribution is -2.33. The van der Waals surface area contributed by atoms with Crippen molar-refractivity contribution in [3.05, 3.63) is 83.4 Å². The molecule has 1 amide bonds. The SMILES string of the molecule is COC(=O)c1cc(CCCNC(=O)OC(C)(C)C)c(C(=O)OC)c(-c2ccc3ccc4cccc5ccc2c3c45)c1. The first-order valence-electron chi connectivity index (χ1n) is 13.6. The van der Waals surface area contributed by atoms with Crippen LogP contribution in [0.4, 0.5) is 4.79 Å². The Labute approximate surface area is 238 Å². The summed E-state index contributed by atoms with van der Waals surface area (Å²) in [6.07, 6.45) is 0.402. The van der Waals surface area contributed by atoms with Gasteiger partial charge in [-0.3, -0.25) is 0 Å². The maximum absolute atomic E-state index is 13.3. The van der Waals surface area contributed by atoms with Crippen LogP contribution < -0.4 is 5.32 Å². The molecule has 0 aromatic heterocycles. The second-order valence-corrected chi connectivity index (χ2v) is 11.0. The summed E-state index contributed by atoms with van der Waals surface area (Å²) in [5.74, 6) is -1.01. The maximum Gasteiger partial charge on any atom is 0.407 e. The minimum Gasteiger partial charge on any atom is -0.465 e. The third kappa shape index (κ3) is 5.53. The third-order valence-corrected chi connectivity index (χ3v) is 7.14. The van der Waals surface area contributed by atoms with Crippen molar-refractivity contribution >= 4 is 50.3 Å². The first-order valence-corrected chi connectivity index (χ1v) is 13.6. The van der Waals surface area contributed by atoms with E-state index >= 15 is 0 Å². The number of benzene rings is 5. The fourth-order valence-corrected chi connectivity index (χ4v) is 5.44. The van der Waals surface area contributed by atoms with E-state index in [9.17, 15) is 14.4 Å². The number of ether oxygens (including phenoxy) is 3. The topological polar surface area (TPSA) is 90.9 Å². The van der Waals surface area contributed by atoms with E-state index in [0.29, 0.717) is 41.6 Å². The molecular formula is C34H33NO6. The summed E-state index contributed by atoms with van der Waals surface area (Å²) in [6.45, 7) is 5.72. The Hall–Kier alpha value is -4.65. The number of carbonyl (C=O) groups excluding carboxylic acids is 3. The molecular weight excluding hydrogens is 518 g/mol. The predicted molar refractivity (Wildman–Crippen MR) is 161 cm³/mol. The number of nitrogens with one attached hydrogen (secondary N) is 1. The molecule has 0 fully saturated rings. The number of carbonyl (C=O) groups is 3. The van der Waals surface area contributed by atoms with Gasteiger partial charge in [-0.15, -0.1) is 0 Å². The predicted octanol–water partition coefficient (Wildman–Crippen LogP) is 7.28. The van der Waals surface area contributed by atoms with E-state index in [1.165, 1.54) is 14.2 Å². The molecule has 0 saturated carbocycles. The van der Waals surface area contributed by atoms with Crippen LogP contribution in [0, 0.1) is 0 Å². The Kier molecular flexibility index (Phi) is 7.54. The van der Waals surface area contributed by atoms with Crippen molar-refractivity contribution in [2.24, 2.45) is 0 Å². The molecule has 210 valence electrons. The number of hydrogen-bond donors (Lipinski definition) is 1. The monoisotopic (exact) mass is 551 g/mol.